The van der Waals surface area contributed by atoms with Crippen LogP contribution in [-0.2, 0) is 10.9 Å². The fraction of sp³-hybridized carbons (Fsp3) is 0.316. The summed E-state index contributed by atoms with van der Waals surface area (Å²) >= 11 is 6.10. The molecule has 0 spiro atoms. The molecule has 1 heterocycles. The van der Waals surface area contributed by atoms with E-state index in [9.17, 15) is 22.4 Å². The lowest BCUT2D eigenvalue weighted by molar-refractivity contribution is -0.137. The highest BCUT2D eigenvalue weighted by Gasteiger charge is 2.34. The molecule has 144 valence electrons. The fourth-order valence-electron chi connectivity index (χ4n) is 3.37. The first-order valence-electron chi connectivity index (χ1n) is 8.24. The maximum absolute atomic E-state index is 14.9. The molecule has 1 aliphatic heterocycles. The van der Waals surface area contributed by atoms with Gasteiger partial charge in [0.1, 0.15) is 5.82 Å². The SMILES string of the molecule is COC(=O)c1cccc(C2CCCN2c2ccc(C(F)(F)F)cc2Cl)c1F. The first-order chi connectivity index (χ1) is 12.7. The lowest BCUT2D eigenvalue weighted by Crippen LogP contribution is -2.24. The fourth-order valence-corrected chi connectivity index (χ4v) is 3.66. The van der Waals surface area contributed by atoms with Gasteiger partial charge in [0.05, 0.1) is 35.0 Å². The van der Waals surface area contributed by atoms with E-state index in [1.165, 1.54) is 12.1 Å². The highest BCUT2D eigenvalue weighted by atomic mass is 35.5. The van der Waals surface area contributed by atoms with Crippen molar-refractivity contribution >= 4 is 23.3 Å². The minimum absolute atomic E-state index is 0.0544. The molecule has 1 unspecified atom stereocenters. The van der Waals surface area contributed by atoms with Crippen molar-refractivity contribution in [3.63, 3.8) is 0 Å². The number of carbonyl (C=O) groups is 1. The van der Waals surface area contributed by atoms with Crippen LogP contribution >= 0.6 is 11.6 Å². The summed E-state index contributed by atoms with van der Waals surface area (Å²) in [7, 11) is 1.16. The van der Waals surface area contributed by atoms with E-state index in [4.69, 9.17) is 11.6 Å². The van der Waals surface area contributed by atoms with E-state index in [1.54, 1.807) is 17.0 Å². The Morgan fingerprint density at radius 3 is 2.63 bits per heavy atom. The molecule has 0 amide bonds. The van der Waals surface area contributed by atoms with Gasteiger partial charge in [-0.25, -0.2) is 9.18 Å². The standard InChI is InChI=1S/C19H16ClF4NO2/c1-27-18(26)13-5-2-4-12(17(13)21)15-6-3-9-25(15)16-8-7-11(10-14(16)20)19(22,23)24/h2,4-5,7-8,10,15H,3,6,9H2,1H3. The van der Waals surface area contributed by atoms with Crippen LogP contribution in [0.15, 0.2) is 36.4 Å². The van der Waals surface area contributed by atoms with Gasteiger partial charge in [0.25, 0.3) is 0 Å². The van der Waals surface area contributed by atoms with E-state index in [2.05, 4.69) is 4.74 Å². The first kappa shape index (κ1) is 19.5. The molecule has 0 aromatic heterocycles. The van der Waals surface area contributed by atoms with Crippen molar-refractivity contribution in [3.05, 3.63) is 63.9 Å². The predicted molar refractivity (Wildman–Crippen MR) is 93.5 cm³/mol. The number of benzene rings is 2. The van der Waals surface area contributed by atoms with Gasteiger partial charge in [-0.1, -0.05) is 23.7 Å². The Morgan fingerprint density at radius 1 is 1.26 bits per heavy atom. The van der Waals surface area contributed by atoms with Crippen LogP contribution in [0.4, 0.5) is 23.2 Å². The average Bonchev–Trinajstić information content (AvgIpc) is 3.09. The molecular weight excluding hydrogens is 386 g/mol. The van der Waals surface area contributed by atoms with Crippen LogP contribution in [0, 0.1) is 5.82 Å². The second-order valence-corrected chi connectivity index (χ2v) is 6.62. The number of nitrogens with zero attached hydrogens (tertiary/aromatic N) is 1. The smallest absolute Gasteiger partial charge is 0.416 e. The average molecular weight is 402 g/mol. The number of methoxy groups -OCH3 is 1. The van der Waals surface area contributed by atoms with E-state index in [1.807, 2.05) is 0 Å². The predicted octanol–water partition coefficient (Wildman–Crippen LogP) is 5.63. The van der Waals surface area contributed by atoms with Crippen molar-refractivity contribution in [1.29, 1.82) is 0 Å². The maximum Gasteiger partial charge on any atom is 0.416 e. The van der Waals surface area contributed by atoms with Crippen molar-refractivity contribution in [2.45, 2.75) is 25.1 Å². The summed E-state index contributed by atoms with van der Waals surface area (Å²) < 4.78 is 58.0. The molecule has 0 aliphatic carbocycles. The maximum atomic E-state index is 14.9. The number of hydrogen-bond acceptors (Lipinski definition) is 3. The van der Waals surface area contributed by atoms with Gasteiger partial charge in [0, 0.05) is 12.1 Å². The zero-order chi connectivity index (χ0) is 19.8. The Labute approximate surface area is 158 Å². The quantitative estimate of drug-likeness (QED) is 0.493. The van der Waals surface area contributed by atoms with Crippen LogP contribution in [0.3, 0.4) is 0 Å². The first-order valence-corrected chi connectivity index (χ1v) is 8.62. The summed E-state index contributed by atoms with van der Waals surface area (Å²) in [4.78, 5) is 13.5. The number of esters is 1. The monoisotopic (exact) mass is 401 g/mol. The second-order valence-electron chi connectivity index (χ2n) is 6.22. The number of hydrogen-bond donors (Lipinski definition) is 0. The molecule has 0 radical (unpaired) electrons. The van der Waals surface area contributed by atoms with Gasteiger partial charge in [0.15, 0.2) is 0 Å². The van der Waals surface area contributed by atoms with Gasteiger partial charge < -0.3 is 9.64 Å². The van der Waals surface area contributed by atoms with Crippen molar-refractivity contribution in [2.24, 2.45) is 0 Å². The number of ether oxygens (including phenoxy) is 1. The highest BCUT2D eigenvalue weighted by Crippen LogP contribution is 2.42. The normalized spacial score (nSPS) is 17.3. The van der Waals surface area contributed by atoms with E-state index in [0.717, 1.165) is 19.2 Å². The number of alkyl halides is 3. The minimum atomic E-state index is -4.49. The molecule has 3 rings (SSSR count). The largest absolute Gasteiger partial charge is 0.465 e. The number of carbonyl (C=O) groups excluding carboxylic acids is 1. The molecule has 1 saturated heterocycles. The molecule has 1 aliphatic rings. The Bertz CT molecular complexity index is 869. The van der Waals surface area contributed by atoms with Crippen LogP contribution in [0.1, 0.15) is 40.4 Å². The van der Waals surface area contributed by atoms with E-state index in [0.29, 0.717) is 25.1 Å². The van der Waals surface area contributed by atoms with Gasteiger partial charge in [0.2, 0.25) is 0 Å². The van der Waals surface area contributed by atoms with Crippen LogP contribution in [0.2, 0.25) is 5.02 Å². The number of rotatable bonds is 3. The molecular formula is C19H16ClF4NO2. The van der Waals surface area contributed by atoms with Gasteiger partial charge in [-0.2, -0.15) is 13.2 Å². The third kappa shape index (κ3) is 3.74. The Morgan fingerprint density at radius 2 is 2.00 bits per heavy atom. The lowest BCUT2D eigenvalue weighted by Gasteiger charge is -2.29. The molecule has 27 heavy (non-hydrogen) atoms. The molecule has 2 aromatic carbocycles. The van der Waals surface area contributed by atoms with E-state index >= 15 is 0 Å². The summed E-state index contributed by atoms with van der Waals surface area (Å²) in [5.74, 6) is -1.48. The minimum Gasteiger partial charge on any atom is -0.465 e. The van der Waals surface area contributed by atoms with Crippen molar-refractivity contribution < 1.29 is 27.1 Å². The molecule has 0 saturated carbocycles. The Kier molecular flexibility index (Phi) is 5.33. The molecule has 8 heteroatoms. The summed E-state index contributed by atoms with van der Waals surface area (Å²) in [5, 5.41) is -0.0544. The zero-order valence-corrected chi connectivity index (χ0v) is 15.1. The van der Waals surface area contributed by atoms with E-state index < -0.39 is 29.6 Å². The molecule has 3 nitrogen and oxygen atoms in total. The summed E-state index contributed by atoms with van der Waals surface area (Å²) in [6.07, 6.45) is -3.20. The molecule has 1 atom stereocenters. The van der Waals surface area contributed by atoms with Crippen LogP contribution < -0.4 is 4.90 Å². The van der Waals surface area contributed by atoms with Crippen LogP contribution in [0.25, 0.3) is 0 Å². The lowest BCUT2D eigenvalue weighted by atomic mass is 10.00. The summed E-state index contributed by atoms with van der Waals surface area (Å²) in [6.45, 7) is 0.512. The van der Waals surface area contributed by atoms with Gasteiger partial charge in [-0.3, -0.25) is 0 Å². The van der Waals surface area contributed by atoms with Crippen LogP contribution in [-0.4, -0.2) is 19.6 Å². The molecule has 0 N–H and O–H groups in total. The van der Waals surface area contributed by atoms with Crippen LogP contribution in [0.5, 0.6) is 0 Å². The Hall–Kier alpha value is -2.28. The molecule has 2 aromatic rings. The van der Waals surface area contributed by atoms with Crippen molar-refractivity contribution in [2.75, 3.05) is 18.6 Å². The van der Waals surface area contributed by atoms with E-state index in [-0.39, 0.29) is 16.1 Å². The van der Waals surface area contributed by atoms with Gasteiger partial charge in [-0.15, -0.1) is 0 Å². The second kappa shape index (κ2) is 7.38. The Balaban J connectivity index is 1.99. The third-order valence-corrected chi connectivity index (χ3v) is 4.93. The number of halogens is 5. The van der Waals surface area contributed by atoms with Crippen molar-refractivity contribution in [1.82, 2.24) is 0 Å². The van der Waals surface area contributed by atoms with Gasteiger partial charge in [-0.05, 0) is 37.1 Å². The van der Waals surface area contributed by atoms with Gasteiger partial charge >= 0.3 is 12.1 Å². The highest BCUT2D eigenvalue weighted by molar-refractivity contribution is 6.33. The number of anilines is 1. The van der Waals surface area contributed by atoms with Crippen molar-refractivity contribution in [3.8, 4) is 0 Å². The third-order valence-electron chi connectivity index (χ3n) is 4.63. The summed E-state index contributed by atoms with van der Waals surface area (Å²) in [6, 6.07) is 7.12. The molecule has 1 fully saturated rings. The molecule has 0 bridgehead atoms. The summed E-state index contributed by atoms with van der Waals surface area (Å²) in [5.41, 5.74) is -0.340. The topological polar surface area (TPSA) is 29.5 Å². The zero-order valence-electron chi connectivity index (χ0n) is 14.3.